The first-order valence-corrected chi connectivity index (χ1v) is 6.07. The summed E-state index contributed by atoms with van der Waals surface area (Å²) in [5, 5.41) is 12.8. The summed E-state index contributed by atoms with van der Waals surface area (Å²) in [6.07, 6.45) is 0.352. The van der Waals surface area contributed by atoms with Crippen molar-refractivity contribution in [3.05, 3.63) is 34.9 Å². The zero-order chi connectivity index (χ0) is 12.7. The number of methoxy groups -OCH3 is 1. The lowest BCUT2D eigenvalue weighted by Crippen LogP contribution is -2.23. The molecule has 0 saturated heterocycles. The highest BCUT2D eigenvalue weighted by molar-refractivity contribution is 5.30. The third-order valence-corrected chi connectivity index (χ3v) is 2.83. The van der Waals surface area contributed by atoms with Crippen LogP contribution in [-0.4, -0.2) is 31.5 Å². The minimum absolute atomic E-state index is 0.369. The number of rotatable bonds is 7. The highest BCUT2D eigenvalue weighted by Crippen LogP contribution is 2.09. The van der Waals surface area contributed by atoms with Gasteiger partial charge in [0.15, 0.2) is 0 Å². The third-order valence-electron chi connectivity index (χ3n) is 2.83. The lowest BCUT2D eigenvalue weighted by molar-refractivity contribution is 0.0594. The Balaban J connectivity index is 2.26. The van der Waals surface area contributed by atoms with Gasteiger partial charge in [0.1, 0.15) is 0 Å². The van der Waals surface area contributed by atoms with Gasteiger partial charge in [0.25, 0.3) is 0 Å². The van der Waals surface area contributed by atoms with Crippen LogP contribution in [0.4, 0.5) is 0 Å². The summed E-state index contributed by atoms with van der Waals surface area (Å²) >= 11 is 0. The minimum Gasteiger partial charge on any atom is -0.391 e. The van der Waals surface area contributed by atoms with Gasteiger partial charge in [-0.3, -0.25) is 0 Å². The molecule has 3 nitrogen and oxygen atoms in total. The number of aliphatic hydroxyl groups is 1. The van der Waals surface area contributed by atoms with E-state index in [-0.39, 0.29) is 6.10 Å². The van der Waals surface area contributed by atoms with Crippen LogP contribution in [0.1, 0.15) is 23.1 Å². The summed E-state index contributed by atoms with van der Waals surface area (Å²) in [7, 11) is 1.60. The smallest absolute Gasteiger partial charge is 0.0785 e. The summed E-state index contributed by atoms with van der Waals surface area (Å²) in [6, 6.07) is 6.48. The predicted octanol–water partition coefficient (Wildman–Crippen LogP) is 1.79. The molecule has 17 heavy (non-hydrogen) atoms. The number of ether oxygens (including phenoxy) is 1. The maximum absolute atomic E-state index is 9.47. The number of hydrogen-bond donors (Lipinski definition) is 2. The molecular formula is C14H23NO2. The first-order chi connectivity index (χ1) is 8.13. The largest absolute Gasteiger partial charge is 0.391 e. The Bertz CT molecular complexity index is 339. The van der Waals surface area contributed by atoms with E-state index in [1.54, 1.807) is 7.11 Å². The number of benzene rings is 1. The van der Waals surface area contributed by atoms with Crippen LogP contribution in [0.15, 0.2) is 18.2 Å². The van der Waals surface area contributed by atoms with Gasteiger partial charge < -0.3 is 15.2 Å². The Kier molecular flexibility index (Phi) is 6.19. The molecular weight excluding hydrogens is 214 g/mol. The molecule has 0 radical (unpaired) electrons. The van der Waals surface area contributed by atoms with Crippen molar-refractivity contribution >= 4 is 0 Å². The fourth-order valence-corrected chi connectivity index (χ4v) is 1.81. The fraction of sp³-hybridized carbons (Fsp3) is 0.571. The lowest BCUT2D eigenvalue weighted by atomic mass is 10.1. The van der Waals surface area contributed by atoms with E-state index in [1.165, 1.54) is 16.7 Å². The molecule has 0 aliphatic carbocycles. The van der Waals surface area contributed by atoms with Gasteiger partial charge in [0.2, 0.25) is 0 Å². The molecule has 0 saturated carbocycles. The molecule has 3 heteroatoms. The SMILES string of the molecule is COCC(O)CCNCc1ccc(C)cc1C. The minimum atomic E-state index is -0.369. The summed E-state index contributed by atoms with van der Waals surface area (Å²) in [5.74, 6) is 0. The Morgan fingerprint density at radius 2 is 2.12 bits per heavy atom. The van der Waals surface area contributed by atoms with Gasteiger partial charge in [-0.15, -0.1) is 0 Å². The van der Waals surface area contributed by atoms with E-state index in [4.69, 9.17) is 4.74 Å². The number of nitrogens with one attached hydrogen (secondary N) is 1. The predicted molar refractivity (Wildman–Crippen MR) is 70.1 cm³/mol. The van der Waals surface area contributed by atoms with Crippen LogP contribution in [0.2, 0.25) is 0 Å². The summed E-state index contributed by atoms with van der Waals surface area (Å²) in [4.78, 5) is 0. The Morgan fingerprint density at radius 1 is 1.35 bits per heavy atom. The highest BCUT2D eigenvalue weighted by atomic mass is 16.5. The second-order valence-corrected chi connectivity index (χ2v) is 4.50. The maximum atomic E-state index is 9.47. The van der Waals surface area contributed by atoms with Gasteiger partial charge in [-0.2, -0.15) is 0 Å². The second-order valence-electron chi connectivity index (χ2n) is 4.50. The van der Waals surface area contributed by atoms with Crippen molar-refractivity contribution in [2.24, 2.45) is 0 Å². The van der Waals surface area contributed by atoms with Gasteiger partial charge in [-0.05, 0) is 37.9 Å². The molecule has 0 heterocycles. The highest BCUT2D eigenvalue weighted by Gasteiger charge is 2.03. The standard InChI is InChI=1S/C14H23NO2/c1-11-4-5-13(12(2)8-11)9-15-7-6-14(16)10-17-3/h4-5,8,14-16H,6-7,9-10H2,1-3H3. The molecule has 0 bridgehead atoms. The normalized spacial score (nSPS) is 12.7. The van der Waals surface area contributed by atoms with Gasteiger partial charge in [-0.25, -0.2) is 0 Å². The zero-order valence-electron chi connectivity index (χ0n) is 11.0. The molecule has 0 amide bonds. The van der Waals surface area contributed by atoms with E-state index in [0.29, 0.717) is 6.61 Å². The van der Waals surface area contributed by atoms with Crippen molar-refractivity contribution in [3.63, 3.8) is 0 Å². The quantitative estimate of drug-likeness (QED) is 0.710. The van der Waals surface area contributed by atoms with Crippen LogP contribution in [0.25, 0.3) is 0 Å². The molecule has 0 spiro atoms. The Morgan fingerprint density at radius 3 is 2.76 bits per heavy atom. The van der Waals surface area contributed by atoms with Crippen LogP contribution in [0.5, 0.6) is 0 Å². The van der Waals surface area contributed by atoms with Crippen LogP contribution >= 0.6 is 0 Å². The number of aryl methyl sites for hydroxylation is 2. The summed E-state index contributed by atoms with van der Waals surface area (Å²) in [6.45, 7) is 6.30. The monoisotopic (exact) mass is 237 g/mol. The first kappa shape index (κ1) is 14.2. The average molecular weight is 237 g/mol. The molecule has 0 aliphatic rings. The van der Waals surface area contributed by atoms with Crippen LogP contribution in [0, 0.1) is 13.8 Å². The van der Waals surface area contributed by atoms with E-state index >= 15 is 0 Å². The lowest BCUT2D eigenvalue weighted by Gasteiger charge is -2.11. The third kappa shape index (κ3) is 5.31. The van der Waals surface area contributed by atoms with Crippen LogP contribution in [0.3, 0.4) is 0 Å². The summed E-state index contributed by atoms with van der Waals surface area (Å²) < 4.78 is 4.87. The van der Waals surface area contributed by atoms with Crippen molar-refractivity contribution in [1.29, 1.82) is 0 Å². The van der Waals surface area contributed by atoms with Crippen LogP contribution in [-0.2, 0) is 11.3 Å². The van der Waals surface area contributed by atoms with Gasteiger partial charge in [0.05, 0.1) is 12.7 Å². The van der Waals surface area contributed by atoms with Gasteiger partial charge in [-0.1, -0.05) is 23.8 Å². The fourth-order valence-electron chi connectivity index (χ4n) is 1.81. The molecule has 0 fully saturated rings. The zero-order valence-corrected chi connectivity index (χ0v) is 11.0. The van der Waals surface area contributed by atoms with Crippen molar-refractivity contribution in [1.82, 2.24) is 5.32 Å². The van der Waals surface area contributed by atoms with E-state index in [0.717, 1.165) is 19.5 Å². The Labute approximate surface area is 104 Å². The molecule has 1 aromatic carbocycles. The van der Waals surface area contributed by atoms with Crippen molar-refractivity contribution in [2.45, 2.75) is 32.9 Å². The molecule has 0 aromatic heterocycles. The van der Waals surface area contributed by atoms with Crippen molar-refractivity contribution < 1.29 is 9.84 Å². The molecule has 1 unspecified atom stereocenters. The molecule has 1 atom stereocenters. The van der Waals surface area contributed by atoms with E-state index < -0.39 is 0 Å². The second kappa shape index (κ2) is 7.43. The molecule has 2 N–H and O–H groups in total. The topological polar surface area (TPSA) is 41.5 Å². The number of hydrogen-bond acceptors (Lipinski definition) is 3. The van der Waals surface area contributed by atoms with Crippen molar-refractivity contribution in [3.8, 4) is 0 Å². The van der Waals surface area contributed by atoms with E-state index in [9.17, 15) is 5.11 Å². The number of aliphatic hydroxyl groups excluding tert-OH is 1. The van der Waals surface area contributed by atoms with E-state index in [2.05, 4.69) is 37.4 Å². The molecule has 1 aromatic rings. The molecule has 1 rings (SSSR count). The Hall–Kier alpha value is -0.900. The summed E-state index contributed by atoms with van der Waals surface area (Å²) in [5.41, 5.74) is 3.92. The van der Waals surface area contributed by atoms with Crippen LogP contribution < -0.4 is 5.32 Å². The first-order valence-electron chi connectivity index (χ1n) is 6.07. The molecule has 96 valence electrons. The van der Waals surface area contributed by atoms with Gasteiger partial charge in [0, 0.05) is 13.7 Å². The average Bonchev–Trinajstić information content (AvgIpc) is 2.27. The molecule has 0 aliphatic heterocycles. The van der Waals surface area contributed by atoms with E-state index in [1.807, 2.05) is 0 Å². The van der Waals surface area contributed by atoms with Crippen molar-refractivity contribution in [2.75, 3.05) is 20.3 Å². The van der Waals surface area contributed by atoms with Gasteiger partial charge >= 0.3 is 0 Å². The maximum Gasteiger partial charge on any atom is 0.0785 e.